The maximum absolute atomic E-state index is 12.6. The van der Waals surface area contributed by atoms with E-state index in [0.717, 1.165) is 34.3 Å². The molecule has 1 amide bonds. The van der Waals surface area contributed by atoms with Crippen molar-refractivity contribution in [3.05, 3.63) is 64.8 Å². The van der Waals surface area contributed by atoms with Crippen LogP contribution in [0.3, 0.4) is 0 Å². The van der Waals surface area contributed by atoms with E-state index in [1.54, 1.807) is 24.1 Å². The zero-order valence-corrected chi connectivity index (χ0v) is 17.0. The number of benzene rings is 2. The van der Waals surface area contributed by atoms with Crippen molar-refractivity contribution in [1.29, 1.82) is 0 Å². The molecule has 1 aromatic heterocycles. The number of carbonyl (C=O) groups excluding carboxylic acids is 2. The van der Waals surface area contributed by atoms with Crippen LogP contribution in [0.2, 0.25) is 0 Å². The number of rotatable bonds is 4. The molecule has 3 aromatic rings. The van der Waals surface area contributed by atoms with Crippen molar-refractivity contribution in [2.24, 2.45) is 0 Å². The topological polar surface area (TPSA) is 71.6 Å². The lowest BCUT2D eigenvalue weighted by Crippen LogP contribution is -2.41. The first-order valence-corrected chi connectivity index (χ1v) is 9.83. The van der Waals surface area contributed by atoms with Gasteiger partial charge in [-0.1, -0.05) is 12.1 Å². The molecule has 0 spiro atoms. The molecule has 2 aromatic carbocycles. The minimum Gasteiger partial charge on any atom is -0.497 e. The Morgan fingerprint density at radius 3 is 2.59 bits per heavy atom. The molecule has 0 saturated carbocycles. The Labute approximate surface area is 173 Å². The number of amides is 1. The lowest BCUT2D eigenvalue weighted by molar-refractivity contribution is -0.130. The second-order valence-corrected chi connectivity index (χ2v) is 7.18. The van der Waals surface area contributed by atoms with Gasteiger partial charge in [-0.05, 0) is 47.9 Å². The zero-order valence-electron chi connectivity index (χ0n) is 16.2. The van der Waals surface area contributed by atoms with E-state index in [4.69, 9.17) is 21.1 Å². The van der Waals surface area contributed by atoms with Crippen LogP contribution >= 0.6 is 11.6 Å². The first-order chi connectivity index (χ1) is 14.1. The summed E-state index contributed by atoms with van der Waals surface area (Å²) in [6.45, 7) is 0.562. The minimum atomic E-state index is -0.396. The highest BCUT2D eigenvalue weighted by molar-refractivity contribution is 6.27. The third-order valence-corrected chi connectivity index (χ3v) is 5.64. The molecule has 1 aliphatic heterocycles. The third kappa shape index (κ3) is 3.34. The number of aromatic amines is 1. The van der Waals surface area contributed by atoms with Gasteiger partial charge in [0.2, 0.25) is 5.91 Å². The lowest BCUT2D eigenvalue weighted by Gasteiger charge is -2.36. The average Bonchev–Trinajstić information content (AvgIpc) is 3.15. The van der Waals surface area contributed by atoms with E-state index in [-0.39, 0.29) is 17.8 Å². The summed E-state index contributed by atoms with van der Waals surface area (Å²) in [6, 6.07) is 12.7. The normalized spacial score (nSPS) is 15.8. The number of esters is 1. The van der Waals surface area contributed by atoms with Crippen LogP contribution in [0, 0.1) is 0 Å². The van der Waals surface area contributed by atoms with Crippen LogP contribution in [0.15, 0.2) is 42.5 Å². The maximum atomic E-state index is 12.6. The fourth-order valence-electron chi connectivity index (χ4n) is 4.01. The summed E-state index contributed by atoms with van der Waals surface area (Å²) in [5.41, 5.74) is 4.48. The van der Waals surface area contributed by atoms with Gasteiger partial charge in [-0.3, -0.25) is 4.79 Å². The van der Waals surface area contributed by atoms with Crippen molar-refractivity contribution in [2.75, 3.05) is 26.6 Å². The summed E-state index contributed by atoms with van der Waals surface area (Å²) in [7, 11) is 3.00. The summed E-state index contributed by atoms with van der Waals surface area (Å²) in [5.74, 6) is 0.181. The standard InChI is InChI=1S/C22H21ClN2O4/c1-28-15-7-8-18-17(11-15)16-9-10-25(19(26)12-23)21(20(16)24-18)13-3-5-14(6-4-13)22(27)29-2/h3-8,11,21,24H,9-10,12H2,1-2H3/t21-/m0/s1. The van der Waals surface area contributed by atoms with Gasteiger partial charge in [0.05, 0.1) is 25.8 Å². The van der Waals surface area contributed by atoms with Crippen LogP contribution in [0.25, 0.3) is 10.9 Å². The number of nitrogens with zero attached hydrogens (tertiary/aromatic N) is 1. The van der Waals surface area contributed by atoms with Gasteiger partial charge in [-0.15, -0.1) is 11.6 Å². The number of nitrogens with one attached hydrogen (secondary N) is 1. The first-order valence-electron chi connectivity index (χ1n) is 9.29. The Morgan fingerprint density at radius 1 is 1.17 bits per heavy atom. The van der Waals surface area contributed by atoms with E-state index >= 15 is 0 Å². The highest BCUT2D eigenvalue weighted by Crippen LogP contribution is 2.39. The van der Waals surface area contributed by atoms with Gasteiger partial charge < -0.3 is 19.4 Å². The van der Waals surface area contributed by atoms with Crippen LogP contribution in [0.4, 0.5) is 0 Å². The number of carbonyl (C=O) groups is 2. The number of H-pyrrole nitrogens is 1. The van der Waals surface area contributed by atoms with Crippen LogP contribution in [0.5, 0.6) is 5.75 Å². The molecule has 0 saturated heterocycles. The Kier molecular flexibility index (Phi) is 5.20. The van der Waals surface area contributed by atoms with E-state index in [2.05, 4.69) is 4.98 Å². The molecule has 2 heterocycles. The average molecular weight is 413 g/mol. The van der Waals surface area contributed by atoms with Crippen LogP contribution in [-0.4, -0.2) is 48.4 Å². The van der Waals surface area contributed by atoms with Crippen molar-refractivity contribution < 1.29 is 19.1 Å². The highest BCUT2D eigenvalue weighted by Gasteiger charge is 2.34. The van der Waals surface area contributed by atoms with Gasteiger partial charge in [0.25, 0.3) is 0 Å². The van der Waals surface area contributed by atoms with Crippen molar-refractivity contribution in [3.63, 3.8) is 0 Å². The van der Waals surface area contributed by atoms with Gasteiger partial charge >= 0.3 is 5.97 Å². The van der Waals surface area contributed by atoms with Crippen molar-refractivity contribution in [3.8, 4) is 5.75 Å². The predicted molar refractivity (Wildman–Crippen MR) is 111 cm³/mol. The number of alkyl halides is 1. The van der Waals surface area contributed by atoms with Gasteiger partial charge in [0.1, 0.15) is 11.6 Å². The van der Waals surface area contributed by atoms with E-state index in [1.807, 2.05) is 30.3 Å². The Morgan fingerprint density at radius 2 is 1.93 bits per heavy atom. The molecule has 0 radical (unpaired) electrons. The number of methoxy groups -OCH3 is 2. The molecular formula is C22H21ClN2O4. The molecule has 29 heavy (non-hydrogen) atoms. The molecule has 1 atom stereocenters. The van der Waals surface area contributed by atoms with E-state index in [1.165, 1.54) is 12.7 Å². The smallest absolute Gasteiger partial charge is 0.337 e. The van der Waals surface area contributed by atoms with Gasteiger partial charge in [0, 0.05) is 23.1 Å². The number of fused-ring (bicyclic) bond motifs is 3. The van der Waals surface area contributed by atoms with E-state index in [9.17, 15) is 9.59 Å². The summed E-state index contributed by atoms with van der Waals surface area (Å²) in [4.78, 5) is 29.6. The second kappa shape index (κ2) is 7.79. The molecule has 7 heteroatoms. The number of aromatic nitrogens is 1. The Bertz CT molecular complexity index is 1070. The number of ether oxygens (including phenoxy) is 2. The summed E-state index contributed by atoms with van der Waals surface area (Å²) in [6.07, 6.45) is 0.724. The van der Waals surface area contributed by atoms with Gasteiger partial charge in [-0.25, -0.2) is 4.79 Å². The third-order valence-electron chi connectivity index (χ3n) is 5.42. The molecule has 6 nitrogen and oxygen atoms in total. The molecule has 1 aliphatic rings. The predicted octanol–water partition coefficient (Wildman–Crippen LogP) is 3.68. The van der Waals surface area contributed by atoms with Crippen molar-refractivity contribution >= 4 is 34.4 Å². The molecule has 4 rings (SSSR count). The van der Waals surface area contributed by atoms with E-state index in [0.29, 0.717) is 12.1 Å². The first kappa shape index (κ1) is 19.3. The van der Waals surface area contributed by atoms with Crippen LogP contribution in [0.1, 0.15) is 33.2 Å². The molecule has 0 bridgehead atoms. The monoisotopic (exact) mass is 412 g/mol. The second-order valence-electron chi connectivity index (χ2n) is 6.92. The fourth-order valence-corrected chi connectivity index (χ4v) is 4.16. The SMILES string of the molecule is COC(=O)c1ccc([C@H]2c3[nH]c4ccc(OC)cc4c3CCN2C(=O)CCl)cc1. The fraction of sp³-hybridized carbons (Fsp3) is 0.273. The maximum Gasteiger partial charge on any atom is 0.337 e. The lowest BCUT2D eigenvalue weighted by atomic mass is 9.92. The Hall–Kier alpha value is -2.99. The van der Waals surface area contributed by atoms with Gasteiger partial charge in [0.15, 0.2) is 0 Å². The van der Waals surface area contributed by atoms with Crippen molar-refractivity contribution in [1.82, 2.24) is 9.88 Å². The molecule has 1 N–H and O–H groups in total. The number of halogens is 1. The Balaban J connectivity index is 1.84. The quantitative estimate of drug-likeness (QED) is 0.524. The highest BCUT2D eigenvalue weighted by atomic mass is 35.5. The summed E-state index contributed by atoms with van der Waals surface area (Å²) in [5, 5.41) is 1.09. The van der Waals surface area contributed by atoms with E-state index < -0.39 is 5.97 Å². The summed E-state index contributed by atoms with van der Waals surface area (Å²) >= 11 is 5.89. The zero-order chi connectivity index (χ0) is 20.5. The minimum absolute atomic E-state index is 0.0832. The largest absolute Gasteiger partial charge is 0.497 e. The van der Waals surface area contributed by atoms with Crippen LogP contribution < -0.4 is 4.74 Å². The molecule has 0 aliphatic carbocycles. The molecular weight excluding hydrogens is 392 g/mol. The molecule has 150 valence electrons. The van der Waals surface area contributed by atoms with Gasteiger partial charge in [-0.2, -0.15) is 0 Å². The number of hydrogen-bond acceptors (Lipinski definition) is 4. The number of hydrogen-bond donors (Lipinski definition) is 1. The summed E-state index contributed by atoms with van der Waals surface area (Å²) < 4.78 is 10.2. The van der Waals surface area contributed by atoms with Crippen LogP contribution in [-0.2, 0) is 16.0 Å². The molecule has 0 fully saturated rings. The molecule has 0 unspecified atom stereocenters. The van der Waals surface area contributed by atoms with Crippen molar-refractivity contribution in [2.45, 2.75) is 12.5 Å².